The van der Waals surface area contributed by atoms with Gasteiger partial charge in [-0.3, -0.25) is 0 Å². The molecule has 1 aromatic carbocycles. The van der Waals surface area contributed by atoms with E-state index in [0.29, 0.717) is 28.8 Å². The van der Waals surface area contributed by atoms with Crippen molar-refractivity contribution in [1.29, 1.82) is 5.26 Å². The first kappa shape index (κ1) is 12.7. The van der Waals surface area contributed by atoms with E-state index in [1.54, 1.807) is 38.4 Å². The summed E-state index contributed by atoms with van der Waals surface area (Å²) in [5, 5.41) is 11.9. The van der Waals surface area contributed by atoms with Crippen molar-refractivity contribution in [3.63, 3.8) is 0 Å². The Hall–Kier alpha value is -2.74. The molecule has 0 fully saturated rings. The number of hydrogen-bond donors (Lipinski definition) is 1. The summed E-state index contributed by atoms with van der Waals surface area (Å²) in [5.41, 5.74) is 0.471. The molecule has 0 saturated heterocycles. The number of rotatable bonds is 4. The van der Waals surface area contributed by atoms with Crippen molar-refractivity contribution in [2.24, 2.45) is 0 Å². The van der Waals surface area contributed by atoms with Gasteiger partial charge in [0, 0.05) is 19.2 Å². The lowest BCUT2D eigenvalue weighted by atomic mass is 10.2. The minimum atomic E-state index is 0.448. The van der Waals surface area contributed by atoms with Crippen molar-refractivity contribution >= 4 is 5.82 Å². The van der Waals surface area contributed by atoms with E-state index >= 15 is 0 Å². The molecule has 0 unspecified atom stereocenters. The van der Waals surface area contributed by atoms with Crippen molar-refractivity contribution in [2.45, 2.75) is 0 Å². The lowest BCUT2D eigenvalue weighted by Gasteiger charge is -2.08. The Morgan fingerprint density at radius 1 is 1.21 bits per heavy atom. The summed E-state index contributed by atoms with van der Waals surface area (Å²) in [6, 6.07) is 12.4. The second kappa shape index (κ2) is 5.74. The second-order valence-electron chi connectivity index (χ2n) is 3.72. The molecule has 0 aliphatic heterocycles. The highest BCUT2D eigenvalue weighted by Gasteiger charge is 2.04. The summed E-state index contributed by atoms with van der Waals surface area (Å²) in [7, 11) is 3.32. The molecule has 0 aliphatic carbocycles. The molecule has 0 amide bonds. The number of nitrogens with one attached hydrogen (secondary N) is 1. The standard InChI is InChI=1S/C14H13N3O2/c1-16-13-4-3-5-14(17-13)19-12-7-10(9-15)6-11(8-12)18-2/h3-8H,1-2H3,(H,16,17). The Kier molecular flexibility index (Phi) is 3.84. The summed E-state index contributed by atoms with van der Waals surface area (Å²) in [4.78, 5) is 4.24. The van der Waals surface area contributed by atoms with Crippen LogP contribution in [0.15, 0.2) is 36.4 Å². The van der Waals surface area contributed by atoms with E-state index in [1.165, 1.54) is 0 Å². The Bertz CT molecular complexity index is 620. The maximum atomic E-state index is 8.94. The van der Waals surface area contributed by atoms with E-state index in [9.17, 15) is 0 Å². The van der Waals surface area contributed by atoms with Gasteiger partial charge in [-0.15, -0.1) is 0 Å². The van der Waals surface area contributed by atoms with Gasteiger partial charge in [-0.05, 0) is 18.2 Å². The first-order chi connectivity index (χ1) is 9.25. The average Bonchev–Trinajstić information content (AvgIpc) is 2.47. The van der Waals surface area contributed by atoms with Gasteiger partial charge in [0.15, 0.2) is 0 Å². The van der Waals surface area contributed by atoms with Crippen LogP contribution in [0.25, 0.3) is 0 Å². The molecule has 2 aromatic rings. The number of benzene rings is 1. The van der Waals surface area contributed by atoms with E-state index in [4.69, 9.17) is 14.7 Å². The zero-order chi connectivity index (χ0) is 13.7. The monoisotopic (exact) mass is 255 g/mol. The quantitative estimate of drug-likeness (QED) is 0.909. The van der Waals surface area contributed by atoms with Gasteiger partial charge in [0.05, 0.1) is 18.7 Å². The van der Waals surface area contributed by atoms with Crippen LogP contribution in [-0.4, -0.2) is 19.1 Å². The zero-order valence-corrected chi connectivity index (χ0v) is 10.7. The molecule has 96 valence electrons. The third-order valence-corrected chi connectivity index (χ3v) is 2.45. The molecule has 0 bridgehead atoms. The van der Waals surface area contributed by atoms with Crippen LogP contribution < -0.4 is 14.8 Å². The lowest BCUT2D eigenvalue weighted by Crippen LogP contribution is -1.95. The van der Waals surface area contributed by atoms with E-state index in [0.717, 1.165) is 0 Å². The molecule has 0 radical (unpaired) electrons. The second-order valence-corrected chi connectivity index (χ2v) is 3.72. The van der Waals surface area contributed by atoms with Gasteiger partial charge >= 0.3 is 0 Å². The molecule has 19 heavy (non-hydrogen) atoms. The number of aromatic nitrogens is 1. The average molecular weight is 255 g/mol. The Labute approximate surface area is 111 Å². The Morgan fingerprint density at radius 2 is 2.00 bits per heavy atom. The van der Waals surface area contributed by atoms with Gasteiger partial charge in [-0.1, -0.05) is 6.07 Å². The number of methoxy groups -OCH3 is 1. The van der Waals surface area contributed by atoms with E-state index in [1.807, 2.05) is 12.1 Å². The largest absolute Gasteiger partial charge is 0.497 e. The van der Waals surface area contributed by atoms with Crippen LogP contribution in [-0.2, 0) is 0 Å². The molecular weight excluding hydrogens is 242 g/mol. The van der Waals surface area contributed by atoms with Crippen LogP contribution in [0.2, 0.25) is 0 Å². The minimum Gasteiger partial charge on any atom is -0.497 e. The van der Waals surface area contributed by atoms with Crippen molar-refractivity contribution in [3.05, 3.63) is 42.0 Å². The third kappa shape index (κ3) is 3.13. The lowest BCUT2D eigenvalue weighted by molar-refractivity contribution is 0.407. The first-order valence-corrected chi connectivity index (χ1v) is 5.67. The van der Waals surface area contributed by atoms with Gasteiger partial charge < -0.3 is 14.8 Å². The van der Waals surface area contributed by atoms with Crippen LogP contribution in [0.5, 0.6) is 17.4 Å². The highest BCUT2D eigenvalue weighted by atomic mass is 16.5. The molecule has 0 atom stereocenters. The van der Waals surface area contributed by atoms with Crippen molar-refractivity contribution < 1.29 is 9.47 Å². The molecule has 2 rings (SSSR count). The SMILES string of the molecule is CNc1cccc(Oc2cc(C#N)cc(OC)c2)n1. The van der Waals surface area contributed by atoms with Crippen molar-refractivity contribution in [3.8, 4) is 23.4 Å². The van der Waals surface area contributed by atoms with Crippen LogP contribution in [0.4, 0.5) is 5.82 Å². The summed E-state index contributed by atoms with van der Waals surface area (Å²) in [6.45, 7) is 0. The maximum Gasteiger partial charge on any atom is 0.221 e. The number of anilines is 1. The molecule has 0 spiro atoms. The predicted molar refractivity (Wildman–Crippen MR) is 71.6 cm³/mol. The number of nitriles is 1. The maximum absolute atomic E-state index is 8.94. The fourth-order valence-corrected chi connectivity index (χ4v) is 1.54. The van der Waals surface area contributed by atoms with Crippen molar-refractivity contribution in [1.82, 2.24) is 4.98 Å². The first-order valence-electron chi connectivity index (χ1n) is 5.67. The third-order valence-electron chi connectivity index (χ3n) is 2.45. The van der Waals surface area contributed by atoms with Gasteiger partial charge in [-0.2, -0.15) is 10.2 Å². The summed E-state index contributed by atoms with van der Waals surface area (Å²) in [6.07, 6.45) is 0. The van der Waals surface area contributed by atoms with Gasteiger partial charge in [0.25, 0.3) is 0 Å². The smallest absolute Gasteiger partial charge is 0.221 e. The number of nitrogens with zero attached hydrogens (tertiary/aromatic N) is 2. The van der Waals surface area contributed by atoms with E-state index < -0.39 is 0 Å². The summed E-state index contributed by atoms with van der Waals surface area (Å²) < 4.78 is 10.7. The normalized spacial score (nSPS) is 9.53. The molecular formula is C14H13N3O2. The van der Waals surface area contributed by atoms with Gasteiger partial charge in [0.2, 0.25) is 5.88 Å². The summed E-state index contributed by atoms with van der Waals surface area (Å²) >= 11 is 0. The highest BCUT2D eigenvalue weighted by Crippen LogP contribution is 2.26. The van der Waals surface area contributed by atoms with Crippen LogP contribution in [0.1, 0.15) is 5.56 Å². The van der Waals surface area contributed by atoms with Gasteiger partial charge in [0.1, 0.15) is 17.3 Å². The van der Waals surface area contributed by atoms with E-state index in [2.05, 4.69) is 16.4 Å². The van der Waals surface area contributed by atoms with Gasteiger partial charge in [-0.25, -0.2) is 0 Å². The number of pyridine rings is 1. The fraction of sp³-hybridized carbons (Fsp3) is 0.143. The van der Waals surface area contributed by atoms with Crippen LogP contribution >= 0.6 is 0 Å². The van der Waals surface area contributed by atoms with E-state index in [-0.39, 0.29) is 0 Å². The minimum absolute atomic E-state index is 0.448. The zero-order valence-electron chi connectivity index (χ0n) is 10.7. The Morgan fingerprint density at radius 3 is 2.68 bits per heavy atom. The fourth-order valence-electron chi connectivity index (χ4n) is 1.54. The summed E-state index contributed by atoms with van der Waals surface area (Å²) in [5.74, 6) is 2.24. The Balaban J connectivity index is 2.29. The topological polar surface area (TPSA) is 67.2 Å². The number of hydrogen-bond acceptors (Lipinski definition) is 5. The molecule has 0 saturated carbocycles. The molecule has 1 N–H and O–H groups in total. The highest BCUT2D eigenvalue weighted by molar-refractivity contribution is 5.45. The van der Waals surface area contributed by atoms with Crippen molar-refractivity contribution in [2.75, 3.05) is 19.5 Å². The molecule has 0 aliphatic rings. The molecule has 5 heteroatoms. The predicted octanol–water partition coefficient (Wildman–Crippen LogP) is 2.80. The molecule has 1 heterocycles. The van der Waals surface area contributed by atoms with Crippen LogP contribution in [0, 0.1) is 11.3 Å². The number of ether oxygens (including phenoxy) is 2. The molecule has 5 nitrogen and oxygen atoms in total. The van der Waals surface area contributed by atoms with Crippen LogP contribution in [0.3, 0.4) is 0 Å². The molecule has 1 aromatic heterocycles.